The Kier molecular flexibility index (Phi) is 10.6. The Morgan fingerprint density at radius 3 is 1.93 bits per heavy atom. The zero-order valence-electron chi connectivity index (χ0n) is 30.9. The molecule has 3 heterocycles. The van der Waals surface area contributed by atoms with Gasteiger partial charge >= 0.3 is 5.63 Å². The van der Waals surface area contributed by atoms with Gasteiger partial charge < -0.3 is 9.32 Å². The van der Waals surface area contributed by atoms with Crippen LogP contribution in [0.15, 0.2) is 135 Å². The summed E-state index contributed by atoms with van der Waals surface area (Å²) in [7, 11) is -6.04. The van der Waals surface area contributed by atoms with Crippen molar-refractivity contribution in [1.82, 2.24) is 0 Å². The van der Waals surface area contributed by atoms with E-state index in [1.54, 1.807) is 24.3 Å². The molecule has 2 aliphatic rings. The molecule has 0 spiro atoms. The molecular formula is C46H47NO5PS+. The summed E-state index contributed by atoms with van der Waals surface area (Å²) < 4.78 is 39.0. The lowest BCUT2D eigenvalue weighted by molar-refractivity contribution is 0.306. The smallest absolute Gasteiger partial charge is 0.339 e. The molecule has 0 radical (unpaired) electrons. The average molecular weight is 757 g/mol. The lowest BCUT2D eigenvalue weighted by Gasteiger charge is -2.37. The zero-order valence-corrected chi connectivity index (χ0v) is 32.6. The Balaban J connectivity index is 1.11. The lowest BCUT2D eigenvalue weighted by atomic mass is 9.88. The van der Waals surface area contributed by atoms with Gasteiger partial charge in [0, 0.05) is 40.9 Å². The third kappa shape index (κ3) is 7.06. The minimum absolute atomic E-state index is 0.104. The molecule has 0 amide bonds. The van der Waals surface area contributed by atoms with Crippen molar-refractivity contribution in [2.45, 2.75) is 69.8 Å². The Bertz CT molecular complexity index is 2320. The van der Waals surface area contributed by atoms with Crippen molar-refractivity contribution < 1.29 is 17.0 Å². The van der Waals surface area contributed by atoms with Gasteiger partial charge in [-0.1, -0.05) is 72.3 Å². The maximum absolute atomic E-state index is 14.0. The minimum Gasteiger partial charge on any atom is -0.422 e. The second-order valence-electron chi connectivity index (χ2n) is 14.7. The number of anilines is 1. The summed E-state index contributed by atoms with van der Waals surface area (Å²) in [5, 5.41) is 4.89. The zero-order chi connectivity index (χ0) is 37.1. The maximum Gasteiger partial charge on any atom is 0.339 e. The number of rotatable bonds is 13. The van der Waals surface area contributed by atoms with Crippen LogP contribution in [-0.4, -0.2) is 27.7 Å². The van der Waals surface area contributed by atoms with Gasteiger partial charge in [0.2, 0.25) is 0 Å². The molecule has 0 unspecified atom stereocenters. The Morgan fingerprint density at radius 1 is 0.722 bits per heavy atom. The number of hydrogen-bond donors (Lipinski definition) is 0. The van der Waals surface area contributed by atoms with E-state index in [2.05, 4.69) is 102 Å². The van der Waals surface area contributed by atoms with Gasteiger partial charge in [0.05, 0.1) is 17.7 Å². The lowest BCUT2D eigenvalue weighted by Crippen LogP contribution is -2.34. The molecular weight excluding hydrogens is 710 g/mol. The number of nitrogens with zero attached hydrogens (tertiary/aromatic N) is 1. The number of hydrogen-bond acceptors (Lipinski definition) is 6. The Morgan fingerprint density at radius 2 is 1.31 bits per heavy atom. The van der Waals surface area contributed by atoms with E-state index in [4.69, 9.17) is 8.60 Å². The van der Waals surface area contributed by atoms with Crippen molar-refractivity contribution >= 4 is 50.0 Å². The standard InChI is InChI=1S/C46H47NO5PS/c1-34-25-27-39(28-26-34)54(49,50)51-33-43-40(46(48)52-45-41-24-15-30-47-29-14-16-35(44(41)47)32-42(43)45)23-12-5-13-31-53(36-17-6-2-7-18-36,37-19-8-3-9-20-37)38-21-10-4-11-22-38/h2-4,6-11,17-22,25-28,32H,5,12-16,23-24,29-31,33H2,1H3/q+1. The van der Waals surface area contributed by atoms with Crippen LogP contribution < -0.4 is 26.4 Å². The van der Waals surface area contributed by atoms with Crippen molar-refractivity contribution in [3.8, 4) is 0 Å². The van der Waals surface area contributed by atoms with E-state index in [9.17, 15) is 13.2 Å². The molecule has 0 atom stereocenters. The molecule has 0 saturated heterocycles. The fourth-order valence-corrected chi connectivity index (χ4v) is 13.9. The number of aryl methyl sites for hydroxylation is 3. The Labute approximate surface area is 319 Å². The summed E-state index contributed by atoms with van der Waals surface area (Å²) in [6.45, 7) is 3.70. The first-order valence-electron chi connectivity index (χ1n) is 19.2. The summed E-state index contributed by atoms with van der Waals surface area (Å²) >= 11 is 0. The molecule has 8 heteroatoms. The minimum atomic E-state index is -4.07. The van der Waals surface area contributed by atoms with Crippen LogP contribution in [0.2, 0.25) is 0 Å². The summed E-state index contributed by atoms with van der Waals surface area (Å²) in [5.41, 5.74) is 5.84. The van der Waals surface area contributed by atoms with Crippen LogP contribution in [0.1, 0.15) is 59.9 Å². The van der Waals surface area contributed by atoms with Crippen molar-refractivity contribution in [1.29, 1.82) is 0 Å². The summed E-state index contributed by atoms with van der Waals surface area (Å²) in [6.07, 6.45) is 7.93. The summed E-state index contributed by atoms with van der Waals surface area (Å²) in [4.78, 5) is 16.5. The number of fused-ring (bicyclic) bond motifs is 2. The first-order chi connectivity index (χ1) is 26.3. The van der Waals surface area contributed by atoms with Gasteiger partial charge in [0.25, 0.3) is 10.1 Å². The van der Waals surface area contributed by atoms with E-state index in [1.165, 1.54) is 27.2 Å². The molecule has 2 aliphatic heterocycles. The highest BCUT2D eigenvalue weighted by Gasteiger charge is 2.44. The topological polar surface area (TPSA) is 76.8 Å². The van der Waals surface area contributed by atoms with Crippen LogP contribution >= 0.6 is 7.26 Å². The van der Waals surface area contributed by atoms with Crippen molar-refractivity contribution in [3.63, 3.8) is 0 Å². The molecule has 54 heavy (non-hydrogen) atoms. The van der Waals surface area contributed by atoms with Crippen LogP contribution in [0.5, 0.6) is 0 Å². The molecule has 0 bridgehead atoms. The maximum atomic E-state index is 14.0. The highest BCUT2D eigenvalue weighted by atomic mass is 32.2. The quantitative estimate of drug-likeness (QED) is 0.0510. The predicted octanol–water partition coefficient (Wildman–Crippen LogP) is 8.41. The van der Waals surface area contributed by atoms with Gasteiger partial charge in [-0.2, -0.15) is 8.42 Å². The molecule has 6 nitrogen and oxygen atoms in total. The molecule has 1 aromatic heterocycles. The van der Waals surface area contributed by atoms with E-state index in [1.807, 2.05) is 6.92 Å². The van der Waals surface area contributed by atoms with Crippen LogP contribution in [0.25, 0.3) is 11.0 Å². The fourth-order valence-electron chi connectivity index (χ4n) is 8.65. The van der Waals surface area contributed by atoms with Gasteiger partial charge in [-0.15, -0.1) is 0 Å². The summed E-state index contributed by atoms with van der Waals surface area (Å²) in [5.74, 6) is 0. The second-order valence-corrected chi connectivity index (χ2v) is 19.9. The molecule has 0 saturated carbocycles. The molecule has 0 N–H and O–H groups in total. The highest BCUT2D eigenvalue weighted by molar-refractivity contribution is 7.95. The molecule has 8 rings (SSSR count). The van der Waals surface area contributed by atoms with E-state index < -0.39 is 23.0 Å². The molecule has 5 aromatic carbocycles. The monoisotopic (exact) mass is 756 g/mol. The molecule has 276 valence electrons. The van der Waals surface area contributed by atoms with Gasteiger partial charge in [0.15, 0.2) is 0 Å². The first kappa shape index (κ1) is 36.4. The van der Waals surface area contributed by atoms with Crippen molar-refractivity contribution in [3.05, 3.63) is 160 Å². The number of benzene rings is 5. The Hall–Kier alpha value is -4.55. The third-order valence-corrected chi connectivity index (χ3v) is 17.1. The van der Waals surface area contributed by atoms with Crippen LogP contribution in [0, 0.1) is 6.92 Å². The van der Waals surface area contributed by atoms with Crippen LogP contribution in [-0.2, 0) is 40.2 Å². The van der Waals surface area contributed by atoms with E-state index >= 15 is 0 Å². The van der Waals surface area contributed by atoms with E-state index in [-0.39, 0.29) is 11.5 Å². The van der Waals surface area contributed by atoms with Gasteiger partial charge in [-0.05, 0) is 118 Å². The average Bonchev–Trinajstić information content (AvgIpc) is 3.21. The SMILES string of the molecule is Cc1ccc(S(=O)(=O)OCc2c(CCCCC[P+](c3ccccc3)(c3ccccc3)c3ccccc3)c(=O)oc3c4c5c(cc23)CCCN5CCC4)cc1. The largest absolute Gasteiger partial charge is 0.422 e. The molecule has 0 aliphatic carbocycles. The summed E-state index contributed by atoms with van der Waals surface area (Å²) in [6, 6.07) is 41.5. The normalized spacial score (nSPS) is 14.3. The van der Waals surface area contributed by atoms with Crippen molar-refractivity contribution in [2.75, 3.05) is 24.2 Å². The van der Waals surface area contributed by atoms with Gasteiger partial charge in [0.1, 0.15) is 28.8 Å². The van der Waals surface area contributed by atoms with Crippen molar-refractivity contribution in [2.24, 2.45) is 0 Å². The second kappa shape index (κ2) is 15.7. The van der Waals surface area contributed by atoms with Gasteiger partial charge in [-0.3, -0.25) is 4.18 Å². The van der Waals surface area contributed by atoms with E-state index in [0.29, 0.717) is 23.1 Å². The highest BCUT2D eigenvalue weighted by Crippen LogP contribution is 2.56. The van der Waals surface area contributed by atoms with Crippen LogP contribution in [0.4, 0.5) is 5.69 Å². The fraction of sp³-hybridized carbons (Fsp3) is 0.283. The molecule has 6 aromatic rings. The van der Waals surface area contributed by atoms with Crippen LogP contribution in [0.3, 0.4) is 0 Å². The first-order valence-corrected chi connectivity index (χ1v) is 22.6. The van der Waals surface area contributed by atoms with Gasteiger partial charge in [-0.25, -0.2) is 4.79 Å². The predicted molar refractivity (Wildman–Crippen MR) is 222 cm³/mol. The van der Waals surface area contributed by atoms with E-state index in [0.717, 1.165) is 80.7 Å². The number of unbranched alkanes of at least 4 members (excludes halogenated alkanes) is 2. The third-order valence-electron chi connectivity index (χ3n) is 11.3. The molecule has 0 fully saturated rings.